The number of rotatable bonds is 4. The summed E-state index contributed by atoms with van der Waals surface area (Å²) in [5, 5.41) is 6.36. The van der Waals surface area contributed by atoms with Crippen molar-refractivity contribution in [2.45, 2.75) is 83.9 Å². The fourth-order valence-corrected chi connectivity index (χ4v) is 2.81. The van der Waals surface area contributed by atoms with E-state index in [1.54, 1.807) is 0 Å². The van der Waals surface area contributed by atoms with Crippen LogP contribution in [0.15, 0.2) is 0 Å². The van der Waals surface area contributed by atoms with E-state index in [1.165, 1.54) is 19.3 Å². The molecular formula is C16H32N2O2. The summed E-state index contributed by atoms with van der Waals surface area (Å²) in [6, 6.07) is 0.277. The van der Waals surface area contributed by atoms with Gasteiger partial charge < -0.3 is 15.4 Å². The quantitative estimate of drug-likeness (QED) is 0.831. The fourth-order valence-electron chi connectivity index (χ4n) is 2.81. The Balaban J connectivity index is 2.30. The van der Waals surface area contributed by atoms with E-state index in [0.717, 1.165) is 18.8 Å². The number of carbonyl (C=O) groups is 1. The van der Waals surface area contributed by atoms with Crippen LogP contribution in [-0.2, 0) is 4.74 Å². The molecule has 0 heterocycles. The highest BCUT2D eigenvalue weighted by atomic mass is 16.6. The molecule has 20 heavy (non-hydrogen) atoms. The topological polar surface area (TPSA) is 50.4 Å². The molecule has 1 fully saturated rings. The van der Waals surface area contributed by atoms with Crippen LogP contribution in [0, 0.1) is 5.92 Å². The van der Waals surface area contributed by atoms with E-state index in [9.17, 15) is 4.79 Å². The summed E-state index contributed by atoms with van der Waals surface area (Å²) in [7, 11) is 2.02. The van der Waals surface area contributed by atoms with Gasteiger partial charge in [0.05, 0.1) is 0 Å². The van der Waals surface area contributed by atoms with Gasteiger partial charge in [-0.1, -0.05) is 0 Å². The van der Waals surface area contributed by atoms with Gasteiger partial charge in [0.2, 0.25) is 0 Å². The normalized spacial score (nSPS) is 24.3. The maximum atomic E-state index is 11.7. The first-order chi connectivity index (χ1) is 9.11. The molecule has 0 aliphatic heterocycles. The van der Waals surface area contributed by atoms with Gasteiger partial charge in [0.1, 0.15) is 5.60 Å². The van der Waals surface area contributed by atoms with Crippen LogP contribution in [0.5, 0.6) is 0 Å². The highest BCUT2D eigenvalue weighted by molar-refractivity contribution is 5.68. The number of hydrogen-bond donors (Lipinski definition) is 2. The lowest BCUT2D eigenvalue weighted by Gasteiger charge is -2.34. The summed E-state index contributed by atoms with van der Waals surface area (Å²) >= 11 is 0. The summed E-state index contributed by atoms with van der Waals surface area (Å²) in [6.07, 6.45) is 5.41. The van der Waals surface area contributed by atoms with Crippen LogP contribution >= 0.6 is 0 Å². The maximum absolute atomic E-state index is 11.7. The average Bonchev–Trinajstić information content (AvgIpc) is 2.29. The van der Waals surface area contributed by atoms with E-state index >= 15 is 0 Å². The summed E-state index contributed by atoms with van der Waals surface area (Å²) in [5.74, 6) is 0.758. The van der Waals surface area contributed by atoms with Crippen LogP contribution in [0.25, 0.3) is 0 Å². The van der Waals surface area contributed by atoms with Crippen molar-refractivity contribution in [1.82, 2.24) is 10.6 Å². The van der Waals surface area contributed by atoms with E-state index in [0.29, 0.717) is 0 Å². The van der Waals surface area contributed by atoms with Gasteiger partial charge in [0.25, 0.3) is 0 Å². The van der Waals surface area contributed by atoms with Gasteiger partial charge in [-0.05, 0) is 79.7 Å². The van der Waals surface area contributed by atoms with E-state index in [-0.39, 0.29) is 17.7 Å². The fraction of sp³-hybridized carbons (Fsp3) is 0.938. The Hall–Kier alpha value is -0.770. The largest absolute Gasteiger partial charge is 0.444 e. The van der Waals surface area contributed by atoms with Gasteiger partial charge in [-0.25, -0.2) is 4.79 Å². The molecular weight excluding hydrogens is 252 g/mol. The number of nitrogens with one attached hydrogen (secondary N) is 2. The minimum absolute atomic E-state index is 0.204. The van der Waals surface area contributed by atoms with Crippen molar-refractivity contribution in [3.8, 4) is 0 Å². The molecule has 0 aromatic carbocycles. The second kappa shape index (κ2) is 6.79. The molecule has 0 atom stereocenters. The van der Waals surface area contributed by atoms with E-state index in [4.69, 9.17) is 4.74 Å². The van der Waals surface area contributed by atoms with E-state index in [2.05, 4.69) is 24.5 Å². The van der Waals surface area contributed by atoms with E-state index < -0.39 is 5.60 Å². The molecule has 0 radical (unpaired) electrons. The van der Waals surface area contributed by atoms with Gasteiger partial charge in [-0.15, -0.1) is 0 Å². The third kappa shape index (κ3) is 6.60. The Morgan fingerprint density at radius 3 is 2.10 bits per heavy atom. The van der Waals surface area contributed by atoms with Crippen molar-refractivity contribution in [1.29, 1.82) is 0 Å². The molecule has 0 saturated heterocycles. The highest BCUT2D eigenvalue weighted by Crippen LogP contribution is 2.30. The van der Waals surface area contributed by atoms with Crippen molar-refractivity contribution >= 4 is 6.09 Å². The predicted molar refractivity (Wildman–Crippen MR) is 82.9 cm³/mol. The molecule has 1 aliphatic carbocycles. The lowest BCUT2D eigenvalue weighted by molar-refractivity contribution is 0.0484. The maximum Gasteiger partial charge on any atom is 0.407 e. The first-order valence-electron chi connectivity index (χ1n) is 7.80. The van der Waals surface area contributed by atoms with Crippen LogP contribution in [0.4, 0.5) is 4.79 Å². The second-order valence-corrected chi connectivity index (χ2v) is 7.70. The summed E-state index contributed by atoms with van der Waals surface area (Å²) in [6.45, 7) is 10.2. The van der Waals surface area contributed by atoms with Crippen LogP contribution in [0.3, 0.4) is 0 Å². The molecule has 0 unspecified atom stereocenters. The first kappa shape index (κ1) is 17.3. The molecule has 0 aromatic rings. The van der Waals surface area contributed by atoms with Crippen molar-refractivity contribution < 1.29 is 9.53 Å². The third-order valence-corrected chi connectivity index (χ3v) is 4.04. The zero-order chi connectivity index (χ0) is 15.4. The van der Waals surface area contributed by atoms with Crippen LogP contribution in [0.2, 0.25) is 0 Å². The van der Waals surface area contributed by atoms with Gasteiger partial charge in [-0.2, -0.15) is 0 Å². The summed E-state index contributed by atoms with van der Waals surface area (Å²) in [5.41, 5.74) is -0.214. The molecule has 1 aliphatic rings. The first-order valence-corrected chi connectivity index (χ1v) is 7.80. The molecule has 1 saturated carbocycles. The molecule has 118 valence electrons. The average molecular weight is 284 g/mol. The predicted octanol–water partition coefficient (Wildman–Crippen LogP) is 3.46. The molecule has 4 heteroatoms. The molecule has 2 N–H and O–H groups in total. The zero-order valence-corrected chi connectivity index (χ0v) is 14.0. The lowest BCUT2D eigenvalue weighted by atomic mass is 9.79. The summed E-state index contributed by atoms with van der Waals surface area (Å²) in [4.78, 5) is 11.7. The standard InChI is InChI=1S/C16H32N2O2/c1-15(2,3)20-14(19)18-13-9-7-12(8-10-13)11-16(4,5)17-6/h12-13,17H,7-11H2,1-6H3,(H,18,19). The molecule has 0 bridgehead atoms. The van der Waals surface area contributed by atoms with Gasteiger partial charge in [0, 0.05) is 11.6 Å². The minimum Gasteiger partial charge on any atom is -0.444 e. The number of hydrogen-bond acceptors (Lipinski definition) is 3. The van der Waals surface area contributed by atoms with Crippen molar-refractivity contribution in [2.75, 3.05) is 7.05 Å². The Morgan fingerprint density at radius 1 is 1.10 bits per heavy atom. The Kier molecular flexibility index (Phi) is 5.87. The van der Waals surface area contributed by atoms with Crippen molar-refractivity contribution in [3.05, 3.63) is 0 Å². The Labute approximate surface area is 124 Å². The minimum atomic E-state index is -0.419. The van der Waals surface area contributed by atoms with Gasteiger partial charge >= 0.3 is 6.09 Å². The van der Waals surface area contributed by atoms with Crippen molar-refractivity contribution in [3.63, 3.8) is 0 Å². The number of alkyl carbamates (subject to hydrolysis) is 1. The number of amides is 1. The van der Waals surface area contributed by atoms with Crippen LogP contribution in [0.1, 0.15) is 66.7 Å². The Bertz CT molecular complexity index is 313. The lowest BCUT2D eigenvalue weighted by Crippen LogP contribution is -2.43. The molecule has 1 rings (SSSR count). The monoisotopic (exact) mass is 284 g/mol. The Morgan fingerprint density at radius 2 is 1.65 bits per heavy atom. The highest BCUT2D eigenvalue weighted by Gasteiger charge is 2.28. The van der Waals surface area contributed by atoms with Gasteiger partial charge in [-0.3, -0.25) is 0 Å². The van der Waals surface area contributed by atoms with E-state index in [1.807, 2.05) is 27.8 Å². The van der Waals surface area contributed by atoms with Crippen LogP contribution < -0.4 is 10.6 Å². The molecule has 0 spiro atoms. The summed E-state index contributed by atoms with van der Waals surface area (Å²) < 4.78 is 5.31. The third-order valence-electron chi connectivity index (χ3n) is 4.04. The number of ether oxygens (including phenoxy) is 1. The SMILES string of the molecule is CNC(C)(C)CC1CCC(NC(=O)OC(C)(C)C)CC1. The molecule has 0 aromatic heterocycles. The van der Waals surface area contributed by atoms with Crippen molar-refractivity contribution in [2.24, 2.45) is 5.92 Å². The second-order valence-electron chi connectivity index (χ2n) is 7.70. The van der Waals surface area contributed by atoms with Gasteiger partial charge in [0.15, 0.2) is 0 Å². The smallest absolute Gasteiger partial charge is 0.407 e. The van der Waals surface area contributed by atoms with Crippen LogP contribution in [-0.4, -0.2) is 30.3 Å². The zero-order valence-electron chi connectivity index (χ0n) is 14.0. The molecule has 1 amide bonds. The molecule has 4 nitrogen and oxygen atoms in total. The number of carbonyl (C=O) groups excluding carboxylic acids is 1.